The van der Waals surface area contributed by atoms with Crippen LogP contribution in [0.1, 0.15) is 92.1 Å². The number of hydrogen-bond donors (Lipinski definition) is 1. The highest BCUT2D eigenvalue weighted by atomic mass is 32.2. The van der Waals surface area contributed by atoms with Crippen molar-refractivity contribution in [3.63, 3.8) is 0 Å². The minimum atomic E-state index is -0.536. The van der Waals surface area contributed by atoms with Crippen molar-refractivity contribution >= 4 is 52.3 Å². The number of thioether (sulfide) groups is 1. The molecule has 0 radical (unpaired) electrons. The summed E-state index contributed by atoms with van der Waals surface area (Å²) in [5.74, 6) is -0.748. The molecule has 1 aromatic rings. The van der Waals surface area contributed by atoms with Crippen LogP contribution in [-0.2, 0) is 19.2 Å². The highest BCUT2D eigenvalue weighted by Crippen LogP contribution is 2.75. The maximum atomic E-state index is 14.6. The Morgan fingerprint density at radius 3 is 2.21 bits per heavy atom. The first-order valence-electron chi connectivity index (χ1n) is 20.9. The summed E-state index contributed by atoms with van der Waals surface area (Å²) in [6.07, 6.45) is 14.4. The van der Waals surface area contributed by atoms with Crippen LogP contribution in [0.15, 0.2) is 75.5 Å². The first-order valence-corrected chi connectivity index (χ1v) is 21.8. The Kier molecular flexibility index (Phi) is 9.65. The maximum absolute atomic E-state index is 14.6. The molecule has 6 atom stereocenters. The number of aliphatic hydroxyl groups is 1. The molecule has 0 unspecified atom stereocenters. The maximum Gasteiger partial charge on any atom is 0.294 e. The second-order valence-corrected chi connectivity index (χ2v) is 20.5. The van der Waals surface area contributed by atoms with Crippen molar-refractivity contribution in [2.24, 2.45) is 33.0 Å². The van der Waals surface area contributed by atoms with E-state index in [1.165, 1.54) is 5.57 Å². The first kappa shape index (κ1) is 40.4. The summed E-state index contributed by atoms with van der Waals surface area (Å²) in [6.45, 7) is 14.9. The third-order valence-corrected chi connectivity index (χ3v) is 17.1. The lowest BCUT2D eigenvalue weighted by atomic mass is 9.34. The predicted octanol–water partition coefficient (Wildman–Crippen LogP) is 8.09. The van der Waals surface area contributed by atoms with Gasteiger partial charge in [-0.3, -0.25) is 28.9 Å². The molecule has 5 fully saturated rings. The number of carbonyl (C=O) groups is 5. The Morgan fingerprint density at radius 2 is 1.53 bits per heavy atom. The van der Waals surface area contributed by atoms with Crippen LogP contribution in [0.2, 0.25) is 0 Å². The number of aliphatic hydroxyl groups excluding tert-OH is 1. The molecule has 2 heterocycles. The van der Waals surface area contributed by atoms with Crippen molar-refractivity contribution in [2.45, 2.75) is 86.5 Å². The molecule has 5 aliphatic carbocycles. The predicted molar refractivity (Wildman–Crippen MR) is 228 cm³/mol. The second-order valence-electron chi connectivity index (χ2n) is 19.5. The number of anilines is 1. The highest BCUT2D eigenvalue weighted by molar-refractivity contribution is 8.18. The molecule has 1 aromatic carbocycles. The van der Waals surface area contributed by atoms with Gasteiger partial charge in [0.15, 0.2) is 5.76 Å². The number of hydrogen-bond acceptors (Lipinski definition) is 8. The average molecular weight is 807 g/mol. The molecule has 3 saturated carbocycles. The monoisotopic (exact) mass is 806 g/mol. The number of amides is 4. The van der Waals surface area contributed by atoms with E-state index in [1.54, 1.807) is 17.1 Å². The van der Waals surface area contributed by atoms with Crippen LogP contribution in [0.3, 0.4) is 0 Å². The van der Waals surface area contributed by atoms with Gasteiger partial charge in [0, 0.05) is 62.4 Å². The molecule has 1 N–H and O–H groups in total. The third kappa shape index (κ3) is 6.07. The third-order valence-electron chi connectivity index (χ3n) is 16.2. The zero-order chi connectivity index (χ0) is 41.7. The lowest BCUT2D eigenvalue weighted by Gasteiger charge is -2.70. The summed E-state index contributed by atoms with van der Waals surface area (Å²) in [7, 11) is 3.90. The molecule has 308 valence electrons. The van der Waals surface area contributed by atoms with Crippen LogP contribution in [0.25, 0.3) is 6.08 Å². The Labute approximate surface area is 347 Å². The van der Waals surface area contributed by atoms with Crippen molar-refractivity contribution < 1.29 is 29.1 Å². The van der Waals surface area contributed by atoms with Crippen molar-refractivity contribution in [1.82, 2.24) is 14.7 Å². The fourth-order valence-electron chi connectivity index (χ4n) is 12.1. The van der Waals surface area contributed by atoms with Gasteiger partial charge in [-0.2, -0.15) is 0 Å². The van der Waals surface area contributed by atoms with Gasteiger partial charge in [-0.1, -0.05) is 64.5 Å². The van der Waals surface area contributed by atoms with E-state index in [4.69, 9.17) is 0 Å². The van der Waals surface area contributed by atoms with E-state index in [1.807, 2.05) is 55.1 Å². The van der Waals surface area contributed by atoms with Crippen molar-refractivity contribution in [3.05, 3.63) is 81.0 Å². The number of ketones is 1. The summed E-state index contributed by atoms with van der Waals surface area (Å²) in [5, 5.41) is 10.1. The Balaban J connectivity index is 0.936. The van der Waals surface area contributed by atoms with Crippen LogP contribution >= 0.6 is 11.8 Å². The van der Waals surface area contributed by atoms with Gasteiger partial charge in [0.2, 0.25) is 17.6 Å². The van der Waals surface area contributed by atoms with Gasteiger partial charge >= 0.3 is 0 Å². The quantitative estimate of drug-likeness (QED) is 0.297. The first-order chi connectivity index (χ1) is 27.2. The van der Waals surface area contributed by atoms with Crippen LogP contribution in [0.4, 0.5) is 10.5 Å². The number of benzene rings is 1. The fraction of sp³-hybridized carbons (Fsp3) is 0.553. The van der Waals surface area contributed by atoms with Gasteiger partial charge in [-0.15, -0.1) is 0 Å². The second kappa shape index (κ2) is 13.8. The van der Waals surface area contributed by atoms with Crippen molar-refractivity contribution in [1.29, 1.82) is 0 Å². The summed E-state index contributed by atoms with van der Waals surface area (Å²) < 4.78 is 0. The summed E-state index contributed by atoms with van der Waals surface area (Å²) >= 11 is 0.853. The zero-order valence-electron chi connectivity index (χ0n) is 35.4. The molecular weight excluding hydrogens is 749 g/mol. The minimum Gasteiger partial charge on any atom is -0.504 e. The lowest BCUT2D eigenvalue weighted by molar-refractivity contribution is -0.175. The SMILES string of the molecule is CC1=C(O)C(=O)C=C2C1=CC=C1[C@@]2(C)CC[C@@]2(C)[C@@H]3C[C@](C)(C(=O)N4CCN(C(=O)CN5C(=O)S/C(=C\c6ccc(N(C)C)cc6)C5=O)CC4)CC[C@]3(C)CC[C@]12C. The number of allylic oxidation sites excluding steroid dienone is 7. The Bertz CT molecular complexity index is 2180. The van der Waals surface area contributed by atoms with Crippen molar-refractivity contribution in [2.75, 3.05) is 51.7 Å². The topological polar surface area (TPSA) is 119 Å². The molecule has 11 heteroatoms. The van der Waals surface area contributed by atoms with E-state index in [-0.39, 0.29) is 51.6 Å². The van der Waals surface area contributed by atoms with E-state index in [0.29, 0.717) is 42.6 Å². The molecule has 10 nitrogen and oxygen atoms in total. The largest absolute Gasteiger partial charge is 0.504 e. The number of fused-ring (bicyclic) bond motifs is 7. The van der Waals surface area contributed by atoms with E-state index >= 15 is 0 Å². The van der Waals surface area contributed by atoms with Gasteiger partial charge in [-0.25, -0.2) is 0 Å². The number of piperazine rings is 1. The van der Waals surface area contributed by atoms with E-state index < -0.39 is 16.6 Å². The van der Waals surface area contributed by atoms with Crippen LogP contribution in [-0.4, -0.2) is 95.4 Å². The zero-order valence-corrected chi connectivity index (χ0v) is 36.2. The average Bonchev–Trinajstić information content (AvgIpc) is 3.45. The highest BCUT2D eigenvalue weighted by Gasteiger charge is 2.67. The molecule has 8 rings (SSSR count). The molecular formula is C47H58N4O6S. The fourth-order valence-corrected chi connectivity index (χ4v) is 12.9. The molecule has 0 aromatic heterocycles. The van der Waals surface area contributed by atoms with E-state index in [0.717, 1.165) is 84.0 Å². The van der Waals surface area contributed by atoms with Crippen LogP contribution in [0.5, 0.6) is 0 Å². The summed E-state index contributed by atoms with van der Waals surface area (Å²) in [4.78, 5) is 74.1. The molecule has 2 saturated heterocycles. The molecule has 2 aliphatic heterocycles. The molecule has 0 bridgehead atoms. The summed E-state index contributed by atoms with van der Waals surface area (Å²) in [6, 6.07) is 7.68. The van der Waals surface area contributed by atoms with Gasteiger partial charge in [0.05, 0.1) is 4.91 Å². The van der Waals surface area contributed by atoms with Gasteiger partial charge < -0.3 is 19.8 Å². The van der Waals surface area contributed by atoms with Crippen LogP contribution in [0, 0.1) is 33.0 Å². The number of imide groups is 1. The van der Waals surface area contributed by atoms with Gasteiger partial charge in [-0.05, 0) is 127 Å². The number of rotatable bonds is 5. The molecule has 7 aliphatic rings. The van der Waals surface area contributed by atoms with Crippen molar-refractivity contribution in [3.8, 4) is 0 Å². The molecule has 58 heavy (non-hydrogen) atoms. The van der Waals surface area contributed by atoms with Gasteiger partial charge in [0.1, 0.15) is 6.54 Å². The Hall–Kier alpha value is -4.38. The summed E-state index contributed by atoms with van der Waals surface area (Å²) in [5.41, 5.74) is 4.93. The molecule has 4 amide bonds. The smallest absolute Gasteiger partial charge is 0.294 e. The van der Waals surface area contributed by atoms with E-state index in [2.05, 4.69) is 46.8 Å². The minimum absolute atomic E-state index is 0.0650. The number of carbonyl (C=O) groups excluding carboxylic acids is 5. The van der Waals surface area contributed by atoms with E-state index in [9.17, 15) is 29.1 Å². The standard InChI is InChI=1S/C47H58N4O6S/c1-29-32-13-14-36-45(4,33(32)26-34(52)39(29)54)18-20-47(6)37-27-44(3,16-15-43(37,2)17-19-46(36,47)5)41(56)50-23-21-49(22-24-50)38(53)28-51-40(55)35(58-42(51)57)25-30-9-11-31(12-10-30)48(7)8/h9-14,25-26,37,54H,15-24,27-28H2,1-8H3/b35-25-/t37-,43-,44-,45+,46-,47+/m1/s1. The van der Waals surface area contributed by atoms with Crippen LogP contribution < -0.4 is 4.90 Å². The normalized spacial score (nSPS) is 35.5. The lowest BCUT2D eigenvalue weighted by Crippen LogP contribution is -2.63. The Morgan fingerprint density at radius 1 is 0.879 bits per heavy atom. The number of nitrogens with zero attached hydrogens (tertiary/aromatic N) is 4. The molecule has 0 spiro atoms. The van der Waals surface area contributed by atoms with Gasteiger partial charge in [0.25, 0.3) is 11.1 Å².